The summed E-state index contributed by atoms with van der Waals surface area (Å²) in [5.41, 5.74) is 1.82. The summed E-state index contributed by atoms with van der Waals surface area (Å²) in [5.74, 6) is 1.27. The standard InChI is InChI=1S/C21H21ClN4O2/c1-13(2)23-21(27)17-12-19(24-15-9-10-18(28-3)16(22)11-15)26-20(25-17)14-7-5-4-6-8-14/h4-13H,1-3H3,(H,23,27)(H,24,25,26). The van der Waals surface area contributed by atoms with Crippen LogP contribution < -0.4 is 15.4 Å². The van der Waals surface area contributed by atoms with Gasteiger partial charge in [0.15, 0.2) is 5.82 Å². The Morgan fingerprint density at radius 1 is 1.07 bits per heavy atom. The molecule has 6 nitrogen and oxygen atoms in total. The van der Waals surface area contributed by atoms with Crippen LogP contribution in [0.25, 0.3) is 11.4 Å². The van der Waals surface area contributed by atoms with Crippen LogP contribution >= 0.6 is 11.6 Å². The number of carbonyl (C=O) groups is 1. The van der Waals surface area contributed by atoms with Gasteiger partial charge in [-0.2, -0.15) is 0 Å². The molecule has 7 heteroatoms. The Bertz CT molecular complexity index is 977. The van der Waals surface area contributed by atoms with E-state index in [1.807, 2.05) is 50.2 Å². The molecule has 2 aromatic carbocycles. The fourth-order valence-electron chi connectivity index (χ4n) is 2.57. The Morgan fingerprint density at radius 2 is 1.82 bits per heavy atom. The third-order valence-corrected chi connectivity index (χ3v) is 4.13. The number of carbonyl (C=O) groups excluding carboxylic acids is 1. The SMILES string of the molecule is COc1ccc(Nc2cc(C(=O)NC(C)C)nc(-c3ccccc3)n2)cc1Cl. The lowest BCUT2D eigenvalue weighted by molar-refractivity contribution is 0.0938. The highest BCUT2D eigenvalue weighted by Crippen LogP contribution is 2.29. The molecule has 1 amide bonds. The molecule has 0 aliphatic carbocycles. The van der Waals surface area contributed by atoms with Gasteiger partial charge in [0.1, 0.15) is 17.3 Å². The normalized spacial score (nSPS) is 10.6. The highest BCUT2D eigenvalue weighted by Gasteiger charge is 2.14. The summed E-state index contributed by atoms with van der Waals surface area (Å²) in [6.07, 6.45) is 0. The van der Waals surface area contributed by atoms with E-state index < -0.39 is 0 Å². The molecule has 0 atom stereocenters. The number of ether oxygens (including phenoxy) is 1. The summed E-state index contributed by atoms with van der Waals surface area (Å²) in [6.45, 7) is 3.80. The lowest BCUT2D eigenvalue weighted by Gasteiger charge is -2.12. The highest BCUT2D eigenvalue weighted by atomic mass is 35.5. The molecule has 0 aliphatic rings. The Balaban J connectivity index is 1.99. The van der Waals surface area contributed by atoms with Crippen LogP contribution in [0, 0.1) is 0 Å². The van der Waals surface area contributed by atoms with Gasteiger partial charge in [0, 0.05) is 23.4 Å². The van der Waals surface area contributed by atoms with E-state index in [0.717, 1.165) is 11.3 Å². The van der Waals surface area contributed by atoms with Crippen LogP contribution in [0.2, 0.25) is 5.02 Å². The number of methoxy groups -OCH3 is 1. The molecule has 1 aromatic heterocycles. The minimum Gasteiger partial charge on any atom is -0.495 e. The van der Waals surface area contributed by atoms with Crippen LogP contribution in [0.4, 0.5) is 11.5 Å². The van der Waals surface area contributed by atoms with Crippen LogP contribution in [0.15, 0.2) is 54.6 Å². The Hall–Kier alpha value is -3.12. The van der Waals surface area contributed by atoms with Crippen LogP contribution in [-0.4, -0.2) is 29.0 Å². The number of benzene rings is 2. The van der Waals surface area contributed by atoms with Crippen molar-refractivity contribution in [2.45, 2.75) is 19.9 Å². The first-order valence-electron chi connectivity index (χ1n) is 8.82. The van der Waals surface area contributed by atoms with E-state index in [9.17, 15) is 4.79 Å². The van der Waals surface area contributed by atoms with E-state index in [0.29, 0.717) is 22.4 Å². The van der Waals surface area contributed by atoms with E-state index in [2.05, 4.69) is 20.6 Å². The largest absolute Gasteiger partial charge is 0.495 e. The predicted molar refractivity (Wildman–Crippen MR) is 111 cm³/mol. The number of anilines is 2. The molecule has 0 aliphatic heterocycles. The maximum atomic E-state index is 12.5. The second kappa shape index (κ2) is 8.71. The second-order valence-corrected chi connectivity index (χ2v) is 6.84. The van der Waals surface area contributed by atoms with E-state index >= 15 is 0 Å². The number of rotatable bonds is 6. The molecule has 0 fully saturated rings. The first-order chi connectivity index (χ1) is 13.5. The quantitative estimate of drug-likeness (QED) is 0.632. The molecule has 2 N–H and O–H groups in total. The van der Waals surface area contributed by atoms with Crippen LogP contribution in [-0.2, 0) is 0 Å². The molecular weight excluding hydrogens is 376 g/mol. The zero-order chi connectivity index (χ0) is 20.1. The van der Waals surface area contributed by atoms with Crippen LogP contribution in [0.1, 0.15) is 24.3 Å². The molecule has 3 rings (SSSR count). The van der Waals surface area contributed by atoms with Gasteiger partial charge in [0.05, 0.1) is 12.1 Å². The van der Waals surface area contributed by atoms with E-state index in [-0.39, 0.29) is 17.6 Å². The molecule has 28 heavy (non-hydrogen) atoms. The van der Waals surface area contributed by atoms with E-state index in [1.165, 1.54) is 0 Å². The average Bonchev–Trinajstić information content (AvgIpc) is 2.68. The zero-order valence-corrected chi connectivity index (χ0v) is 16.6. The van der Waals surface area contributed by atoms with Gasteiger partial charge in [-0.3, -0.25) is 4.79 Å². The van der Waals surface area contributed by atoms with Gasteiger partial charge >= 0.3 is 0 Å². The average molecular weight is 397 g/mol. The summed E-state index contributed by atoms with van der Waals surface area (Å²) in [7, 11) is 1.56. The van der Waals surface area contributed by atoms with Crippen molar-refractivity contribution in [3.63, 3.8) is 0 Å². The van der Waals surface area contributed by atoms with Crippen molar-refractivity contribution in [2.24, 2.45) is 0 Å². The maximum Gasteiger partial charge on any atom is 0.270 e. The summed E-state index contributed by atoms with van der Waals surface area (Å²) in [5, 5.41) is 6.52. The van der Waals surface area contributed by atoms with Crippen molar-refractivity contribution in [1.29, 1.82) is 0 Å². The summed E-state index contributed by atoms with van der Waals surface area (Å²) in [6, 6.07) is 16.4. The lowest BCUT2D eigenvalue weighted by atomic mass is 10.2. The molecule has 0 unspecified atom stereocenters. The molecule has 0 saturated carbocycles. The molecule has 0 spiro atoms. The van der Waals surface area contributed by atoms with Gasteiger partial charge in [-0.15, -0.1) is 0 Å². The van der Waals surface area contributed by atoms with Gasteiger partial charge < -0.3 is 15.4 Å². The minimum atomic E-state index is -0.259. The zero-order valence-electron chi connectivity index (χ0n) is 15.9. The number of halogens is 1. The summed E-state index contributed by atoms with van der Waals surface area (Å²) in [4.78, 5) is 21.5. The van der Waals surface area contributed by atoms with Crippen molar-refractivity contribution in [1.82, 2.24) is 15.3 Å². The van der Waals surface area contributed by atoms with Gasteiger partial charge in [-0.25, -0.2) is 9.97 Å². The number of amides is 1. The van der Waals surface area contributed by atoms with Crippen molar-refractivity contribution in [3.8, 4) is 17.1 Å². The summed E-state index contributed by atoms with van der Waals surface area (Å²) >= 11 is 6.20. The fraction of sp³-hybridized carbons (Fsp3) is 0.190. The van der Waals surface area contributed by atoms with E-state index in [4.69, 9.17) is 16.3 Å². The van der Waals surface area contributed by atoms with Crippen LogP contribution in [0.3, 0.4) is 0 Å². The fourth-order valence-corrected chi connectivity index (χ4v) is 2.83. The molecule has 0 radical (unpaired) electrons. The van der Waals surface area contributed by atoms with Crippen molar-refractivity contribution >= 4 is 29.0 Å². The number of aromatic nitrogens is 2. The molecule has 3 aromatic rings. The number of hydrogen-bond acceptors (Lipinski definition) is 5. The minimum absolute atomic E-state index is 0.000514. The third-order valence-electron chi connectivity index (χ3n) is 3.83. The first kappa shape index (κ1) is 19.6. The maximum absolute atomic E-state index is 12.5. The number of nitrogens with zero attached hydrogens (tertiary/aromatic N) is 2. The molecular formula is C21H21ClN4O2. The second-order valence-electron chi connectivity index (χ2n) is 6.43. The van der Waals surface area contributed by atoms with Crippen LogP contribution in [0.5, 0.6) is 5.75 Å². The Kier molecular flexibility index (Phi) is 6.11. The van der Waals surface area contributed by atoms with Gasteiger partial charge in [0.2, 0.25) is 0 Å². The molecule has 144 valence electrons. The van der Waals surface area contributed by atoms with E-state index in [1.54, 1.807) is 25.3 Å². The van der Waals surface area contributed by atoms with Crippen molar-refractivity contribution in [2.75, 3.05) is 12.4 Å². The topological polar surface area (TPSA) is 76.1 Å². The van der Waals surface area contributed by atoms with Crippen molar-refractivity contribution < 1.29 is 9.53 Å². The first-order valence-corrected chi connectivity index (χ1v) is 9.20. The molecule has 0 saturated heterocycles. The molecule has 0 bridgehead atoms. The number of hydrogen-bond donors (Lipinski definition) is 2. The Morgan fingerprint density at radius 3 is 2.46 bits per heavy atom. The predicted octanol–water partition coefficient (Wildman–Crippen LogP) is 4.69. The van der Waals surface area contributed by atoms with Gasteiger partial charge in [-0.1, -0.05) is 41.9 Å². The van der Waals surface area contributed by atoms with Gasteiger partial charge in [-0.05, 0) is 32.0 Å². The smallest absolute Gasteiger partial charge is 0.270 e. The monoisotopic (exact) mass is 396 g/mol. The van der Waals surface area contributed by atoms with Crippen molar-refractivity contribution in [3.05, 3.63) is 65.3 Å². The number of nitrogens with one attached hydrogen (secondary N) is 2. The Labute approximate surface area is 168 Å². The summed E-state index contributed by atoms with van der Waals surface area (Å²) < 4.78 is 5.18. The molecule has 1 heterocycles. The third kappa shape index (κ3) is 4.78. The highest BCUT2D eigenvalue weighted by molar-refractivity contribution is 6.32. The lowest BCUT2D eigenvalue weighted by Crippen LogP contribution is -2.31. The van der Waals surface area contributed by atoms with Gasteiger partial charge in [0.25, 0.3) is 5.91 Å².